The van der Waals surface area contributed by atoms with Gasteiger partial charge in [0.15, 0.2) is 0 Å². The molecule has 1 atom stereocenters. The minimum absolute atomic E-state index is 0.0197. The molecule has 108 valence electrons. The molecule has 0 radical (unpaired) electrons. The highest BCUT2D eigenvalue weighted by Gasteiger charge is 2.28. The maximum Gasteiger partial charge on any atom is 0.339 e. The van der Waals surface area contributed by atoms with Crippen molar-refractivity contribution in [1.82, 2.24) is 5.32 Å². The third-order valence-corrected chi connectivity index (χ3v) is 3.55. The summed E-state index contributed by atoms with van der Waals surface area (Å²) in [6.07, 6.45) is 5.01. The van der Waals surface area contributed by atoms with Gasteiger partial charge in [0, 0.05) is 18.5 Å². The molecule has 1 aromatic carbocycles. The lowest BCUT2D eigenvalue weighted by atomic mass is 10.0. The first-order chi connectivity index (χ1) is 9.72. The second-order valence-corrected chi connectivity index (χ2v) is 5.05. The van der Waals surface area contributed by atoms with Crippen molar-refractivity contribution >= 4 is 11.9 Å². The fourth-order valence-electron chi connectivity index (χ4n) is 2.43. The molecule has 0 aliphatic carbocycles. The van der Waals surface area contributed by atoms with E-state index in [9.17, 15) is 9.59 Å². The van der Waals surface area contributed by atoms with Crippen molar-refractivity contribution in [2.45, 2.75) is 45.1 Å². The zero-order chi connectivity index (χ0) is 14.4. The molecule has 0 saturated carbocycles. The van der Waals surface area contributed by atoms with Crippen LogP contribution in [0.5, 0.6) is 0 Å². The average molecular weight is 275 g/mol. The van der Waals surface area contributed by atoms with Gasteiger partial charge in [-0.15, -0.1) is 0 Å². The number of carbonyl (C=O) groups is 2. The first-order valence-corrected chi connectivity index (χ1v) is 7.29. The summed E-state index contributed by atoms with van der Waals surface area (Å²) >= 11 is 0. The Hall–Kier alpha value is -1.84. The number of hydrogen-bond acceptors (Lipinski definition) is 3. The van der Waals surface area contributed by atoms with Crippen molar-refractivity contribution in [3.63, 3.8) is 0 Å². The summed E-state index contributed by atoms with van der Waals surface area (Å²) in [7, 11) is 0. The van der Waals surface area contributed by atoms with Crippen LogP contribution in [0.3, 0.4) is 0 Å². The van der Waals surface area contributed by atoms with Crippen LogP contribution in [0.4, 0.5) is 0 Å². The number of carbonyl (C=O) groups excluding carboxylic acids is 2. The molecule has 1 amide bonds. The van der Waals surface area contributed by atoms with E-state index in [4.69, 9.17) is 4.74 Å². The highest BCUT2D eigenvalue weighted by molar-refractivity contribution is 5.93. The van der Waals surface area contributed by atoms with Crippen LogP contribution >= 0.6 is 0 Å². The summed E-state index contributed by atoms with van der Waals surface area (Å²) < 4.78 is 5.14. The van der Waals surface area contributed by atoms with E-state index in [1.165, 1.54) is 6.42 Å². The number of amides is 1. The number of ether oxygens (including phenoxy) is 1. The van der Waals surface area contributed by atoms with Gasteiger partial charge in [-0.3, -0.25) is 4.79 Å². The van der Waals surface area contributed by atoms with E-state index < -0.39 is 0 Å². The van der Waals surface area contributed by atoms with Gasteiger partial charge in [-0.2, -0.15) is 0 Å². The quantitative estimate of drug-likeness (QED) is 0.802. The number of esters is 1. The third-order valence-electron chi connectivity index (χ3n) is 3.55. The van der Waals surface area contributed by atoms with Gasteiger partial charge in [-0.05, 0) is 25.3 Å². The number of benzene rings is 1. The highest BCUT2D eigenvalue weighted by Crippen LogP contribution is 2.32. The normalized spacial score (nSPS) is 20.9. The molecule has 0 bridgehead atoms. The Labute approximate surface area is 119 Å². The standard InChI is InChI=1S/C10H10O2.C6H11NO/c1-2-9-7-5-3-4-6-8(7)10(11)12-9;8-6-4-2-1-3-5-7-6/h3-6,9H,2H2,1H3;1-5H2,(H,7,8). The zero-order valence-corrected chi connectivity index (χ0v) is 11.9. The largest absolute Gasteiger partial charge is 0.454 e. The van der Waals surface area contributed by atoms with Gasteiger partial charge in [0.25, 0.3) is 0 Å². The molecule has 0 aromatic heterocycles. The predicted octanol–water partition coefficient (Wildman–Crippen LogP) is 2.98. The molecule has 0 spiro atoms. The van der Waals surface area contributed by atoms with Gasteiger partial charge in [-0.1, -0.05) is 31.5 Å². The maximum atomic E-state index is 11.2. The molecule has 1 fully saturated rings. The van der Waals surface area contributed by atoms with Crippen molar-refractivity contribution < 1.29 is 14.3 Å². The van der Waals surface area contributed by atoms with E-state index in [1.54, 1.807) is 0 Å². The second kappa shape index (κ2) is 7.08. The summed E-state index contributed by atoms with van der Waals surface area (Å²) in [6.45, 7) is 2.90. The number of hydrogen-bond donors (Lipinski definition) is 1. The van der Waals surface area contributed by atoms with Crippen LogP contribution in [0.15, 0.2) is 24.3 Å². The lowest BCUT2D eigenvalue weighted by molar-refractivity contribution is -0.120. The molecule has 1 aromatic rings. The zero-order valence-electron chi connectivity index (χ0n) is 11.9. The smallest absolute Gasteiger partial charge is 0.339 e. The Morgan fingerprint density at radius 2 is 2.00 bits per heavy atom. The summed E-state index contributed by atoms with van der Waals surface area (Å²) in [4.78, 5) is 21.8. The average Bonchev–Trinajstić information content (AvgIpc) is 2.63. The molecule has 4 heteroatoms. The monoisotopic (exact) mass is 275 g/mol. The third kappa shape index (κ3) is 3.59. The van der Waals surface area contributed by atoms with Gasteiger partial charge in [0.1, 0.15) is 6.10 Å². The van der Waals surface area contributed by atoms with Crippen molar-refractivity contribution in [1.29, 1.82) is 0 Å². The molecule has 1 N–H and O–H groups in total. The Balaban J connectivity index is 0.000000160. The Bertz CT molecular complexity index is 474. The Kier molecular flexibility index (Phi) is 5.16. The maximum absolute atomic E-state index is 11.2. The molecular formula is C16H21NO3. The molecule has 2 aliphatic rings. The van der Waals surface area contributed by atoms with Crippen LogP contribution < -0.4 is 5.32 Å². The minimum Gasteiger partial charge on any atom is -0.454 e. The van der Waals surface area contributed by atoms with E-state index >= 15 is 0 Å². The molecule has 1 saturated heterocycles. The molecule has 2 aliphatic heterocycles. The molecular weight excluding hydrogens is 254 g/mol. The fraction of sp³-hybridized carbons (Fsp3) is 0.500. The topological polar surface area (TPSA) is 55.4 Å². The van der Waals surface area contributed by atoms with Gasteiger partial charge in [0.05, 0.1) is 5.56 Å². The SMILES string of the molecule is CCC1OC(=O)c2ccccc21.O=C1CCCCCN1. The fourth-order valence-corrected chi connectivity index (χ4v) is 2.43. The van der Waals surface area contributed by atoms with Crippen LogP contribution in [0.1, 0.15) is 61.1 Å². The Morgan fingerprint density at radius 3 is 2.80 bits per heavy atom. The first kappa shape index (κ1) is 14.6. The van der Waals surface area contributed by atoms with Gasteiger partial charge >= 0.3 is 5.97 Å². The predicted molar refractivity (Wildman–Crippen MR) is 76.4 cm³/mol. The van der Waals surface area contributed by atoms with Crippen molar-refractivity contribution in [3.05, 3.63) is 35.4 Å². The summed E-state index contributed by atoms with van der Waals surface area (Å²) in [5, 5.41) is 2.81. The van der Waals surface area contributed by atoms with Crippen LogP contribution in [-0.2, 0) is 9.53 Å². The number of rotatable bonds is 1. The summed E-state index contributed by atoms with van der Waals surface area (Å²) in [5.41, 5.74) is 1.76. The van der Waals surface area contributed by atoms with E-state index in [0.717, 1.165) is 43.4 Å². The lowest BCUT2D eigenvalue weighted by Crippen LogP contribution is -2.21. The van der Waals surface area contributed by atoms with Crippen molar-refractivity contribution in [2.75, 3.05) is 6.54 Å². The van der Waals surface area contributed by atoms with Gasteiger partial charge in [-0.25, -0.2) is 4.79 Å². The highest BCUT2D eigenvalue weighted by atomic mass is 16.5. The van der Waals surface area contributed by atoms with Gasteiger partial charge in [0.2, 0.25) is 5.91 Å². The van der Waals surface area contributed by atoms with E-state index in [2.05, 4.69) is 5.32 Å². The molecule has 3 rings (SSSR count). The first-order valence-electron chi connectivity index (χ1n) is 7.29. The molecule has 20 heavy (non-hydrogen) atoms. The van der Waals surface area contributed by atoms with E-state index in [1.807, 2.05) is 31.2 Å². The Morgan fingerprint density at radius 1 is 1.20 bits per heavy atom. The molecule has 4 nitrogen and oxygen atoms in total. The minimum atomic E-state index is -0.183. The number of nitrogens with one attached hydrogen (secondary N) is 1. The van der Waals surface area contributed by atoms with Crippen molar-refractivity contribution in [3.8, 4) is 0 Å². The summed E-state index contributed by atoms with van der Waals surface area (Å²) in [5.74, 6) is 0.0416. The number of fused-ring (bicyclic) bond motifs is 1. The van der Waals surface area contributed by atoms with Crippen molar-refractivity contribution in [2.24, 2.45) is 0 Å². The van der Waals surface area contributed by atoms with Crippen LogP contribution in [-0.4, -0.2) is 18.4 Å². The van der Waals surface area contributed by atoms with Gasteiger partial charge < -0.3 is 10.1 Å². The van der Waals surface area contributed by atoms with Crippen LogP contribution in [0.2, 0.25) is 0 Å². The summed E-state index contributed by atoms with van der Waals surface area (Å²) in [6, 6.07) is 7.56. The van der Waals surface area contributed by atoms with E-state index in [0.29, 0.717) is 0 Å². The number of cyclic esters (lactones) is 1. The molecule has 1 unspecified atom stereocenters. The lowest BCUT2D eigenvalue weighted by Gasteiger charge is -2.05. The van der Waals surface area contributed by atoms with E-state index in [-0.39, 0.29) is 18.0 Å². The molecule has 2 heterocycles. The van der Waals surface area contributed by atoms with Crippen LogP contribution in [0.25, 0.3) is 0 Å². The van der Waals surface area contributed by atoms with Crippen LogP contribution in [0, 0.1) is 0 Å². The second-order valence-electron chi connectivity index (χ2n) is 5.05.